The zero-order valence-electron chi connectivity index (χ0n) is 12.0. The number of methoxy groups -OCH3 is 2. The minimum absolute atomic E-state index is 0.361. The van der Waals surface area contributed by atoms with Crippen LogP contribution >= 0.6 is 23.4 Å². The second-order valence-electron chi connectivity index (χ2n) is 4.37. The Morgan fingerprint density at radius 1 is 1.19 bits per heavy atom. The highest BCUT2D eigenvalue weighted by molar-refractivity contribution is 7.99. The predicted octanol–water partition coefficient (Wildman–Crippen LogP) is 4.59. The summed E-state index contributed by atoms with van der Waals surface area (Å²) in [6.07, 6.45) is 0. The summed E-state index contributed by atoms with van der Waals surface area (Å²) in [5.74, 6) is 0.337. The largest absolute Gasteiger partial charge is 0.497 e. The maximum Gasteiger partial charge on any atom is 0.339 e. The van der Waals surface area contributed by atoms with E-state index < -0.39 is 0 Å². The Bertz CT molecular complexity index is 671. The third-order valence-corrected chi connectivity index (χ3v) is 4.19. The van der Waals surface area contributed by atoms with Crippen LogP contribution in [0.3, 0.4) is 0 Å². The fourth-order valence-corrected chi connectivity index (χ4v) is 3.31. The molecule has 0 saturated carbocycles. The van der Waals surface area contributed by atoms with E-state index in [1.54, 1.807) is 7.11 Å². The second-order valence-corrected chi connectivity index (χ2v) is 5.92. The molecule has 0 aliphatic rings. The molecular weight excluding hydrogens is 308 g/mol. The summed E-state index contributed by atoms with van der Waals surface area (Å²) in [5, 5.41) is 0.652. The molecule has 0 heterocycles. The molecule has 0 aliphatic carbocycles. The quantitative estimate of drug-likeness (QED) is 0.771. The standard InChI is InChI=1S/C16H15ClO3S/c1-10-7-12(19-2)9-14(15(10)16(18)20-3)21-13-6-4-5-11(17)8-13/h4-9H,1-3H3. The normalized spacial score (nSPS) is 10.3. The summed E-state index contributed by atoms with van der Waals surface area (Å²) in [6.45, 7) is 1.86. The number of benzene rings is 2. The van der Waals surface area contributed by atoms with Crippen molar-refractivity contribution in [1.82, 2.24) is 0 Å². The van der Waals surface area contributed by atoms with Gasteiger partial charge in [-0.1, -0.05) is 29.4 Å². The van der Waals surface area contributed by atoms with Gasteiger partial charge in [0.05, 0.1) is 19.8 Å². The van der Waals surface area contributed by atoms with Crippen LogP contribution in [0.15, 0.2) is 46.2 Å². The molecule has 2 aromatic rings. The third-order valence-electron chi connectivity index (χ3n) is 2.92. The summed E-state index contributed by atoms with van der Waals surface area (Å²) < 4.78 is 10.1. The van der Waals surface area contributed by atoms with E-state index in [-0.39, 0.29) is 5.97 Å². The lowest BCUT2D eigenvalue weighted by Crippen LogP contribution is -2.06. The van der Waals surface area contributed by atoms with Gasteiger partial charge in [0, 0.05) is 14.8 Å². The summed E-state index contributed by atoms with van der Waals surface area (Å²) >= 11 is 7.45. The van der Waals surface area contributed by atoms with E-state index >= 15 is 0 Å². The van der Waals surface area contributed by atoms with E-state index in [1.165, 1.54) is 18.9 Å². The molecule has 5 heteroatoms. The average Bonchev–Trinajstić information content (AvgIpc) is 2.46. The fraction of sp³-hybridized carbons (Fsp3) is 0.188. The molecular formula is C16H15ClO3S. The van der Waals surface area contributed by atoms with E-state index in [9.17, 15) is 4.79 Å². The molecule has 0 aliphatic heterocycles. The Hall–Kier alpha value is -1.65. The highest BCUT2D eigenvalue weighted by Crippen LogP contribution is 2.36. The number of halogens is 1. The molecule has 0 bridgehead atoms. The highest BCUT2D eigenvalue weighted by Gasteiger charge is 2.17. The number of rotatable bonds is 4. The highest BCUT2D eigenvalue weighted by atomic mass is 35.5. The summed E-state index contributed by atoms with van der Waals surface area (Å²) in [6, 6.07) is 11.1. The minimum Gasteiger partial charge on any atom is -0.497 e. The summed E-state index contributed by atoms with van der Waals surface area (Å²) in [4.78, 5) is 13.7. The first kappa shape index (κ1) is 15.7. The smallest absolute Gasteiger partial charge is 0.339 e. The lowest BCUT2D eigenvalue weighted by Gasteiger charge is -2.13. The Labute approximate surface area is 133 Å². The average molecular weight is 323 g/mol. The number of carbonyl (C=O) groups excluding carboxylic acids is 1. The second kappa shape index (κ2) is 6.87. The molecule has 110 valence electrons. The number of hydrogen-bond donors (Lipinski definition) is 0. The first-order chi connectivity index (χ1) is 10.0. The maximum atomic E-state index is 12.0. The first-order valence-corrected chi connectivity index (χ1v) is 7.45. The molecule has 21 heavy (non-hydrogen) atoms. The van der Waals surface area contributed by atoms with Crippen molar-refractivity contribution in [2.45, 2.75) is 16.7 Å². The van der Waals surface area contributed by atoms with Gasteiger partial charge >= 0.3 is 5.97 Å². The van der Waals surface area contributed by atoms with E-state index in [0.29, 0.717) is 16.3 Å². The summed E-state index contributed by atoms with van der Waals surface area (Å²) in [7, 11) is 2.97. The van der Waals surface area contributed by atoms with Crippen LogP contribution in [0, 0.1) is 6.92 Å². The maximum absolute atomic E-state index is 12.0. The molecule has 0 atom stereocenters. The van der Waals surface area contributed by atoms with Gasteiger partial charge in [0.25, 0.3) is 0 Å². The molecule has 0 fully saturated rings. The van der Waals surface area contributed by atoms with Gasteiger partial charge in [-0.05, 0) is 42.8 Å². The van der Waals surface area contributed by atoms with Gasteiger partial charge in [-0.2, -0.15) is 0 Å². The van der Waals surface area contributed by atoms with Crippen molar-refractivity contribution < 1.29 is 14.3 Å². The van der Waals surface area contributed by atoms with E-state index in [0.717, 1.165) is 15.4 Å². The van der Waals surface area contributed by atoms with Crippen LogP contribution in [-0.2, 0) is 4.74 Å². The Balaban J connectivity index is 2.49. The first-order valence-electron chi connectivity index (χ1n) is 6.25. The van der Waals surface area contributed by atoms with Gasteiger partial charge in [-0.25, -0.2) is 4.79 Å². The van der Waals surface area contributed by atoms with Crippen LogP contribution in [-0.4, -0.2) is 20.2 Å². The van der Waals surface area contributed by atoms with Crippen LogP contribution in [0.5, 0.6) is 5.75 Å². The van der Waals surface area contributed by atoms with Crippen molar-refractivity contribution in [3.8, 4) is 5.75 Å². The van der Waals surface area contributed by atoms with Crippen LogP contribution in [0.25, 0.3) is 0 Å². The molecule has 0 saturated heterocycles. The van der Waals surface area contributed by atoms with Crippen LogP contribution < -0.4 is 4.74 Å². The van der Waals surface area contributed by atoms with Gasteiger partial charge in [0.1, 0.15) is 5.75 Å². The predicted molar refractivity (Wildman–Crippen MR) is 84.6 cm³/mol. The van der Waals surface area contributed by atoms with Crippen molar-refractivity contribution in [2.24, 2.45) is 0 Å². The molecule has 0 radical (unpaired) electrons. The molecule has 0 aromatic heterocycles. The third kappa shape index (κ3) is 3.71. The van der Waals surface area contributed by atoms with Gasteiger partial charge in [0.2, 0.25) is 0 Å². The lowest BCUT2D eigenvalue weighted by molar-refractivity contribution is 0.0596. The molecule has 0 unspecified atom stereocenters. The number of aryl methyl sites for hydroxylation is 1. The van der Waals surface area contributed by atoms with Crippen molar-refractivity contribution >= 4 is 29.3 Å². The van der Waals surface area contributed by atoms with Crippen molar-refractivity contribution in [3.05, 3.63) is 52.5 Å². The monoisotopic (exact) mass is 322 g/mol. The minimum atomic E-state index is -0.361. The summed E-state index contributed by atoms with van der Waals surface area (Å²) in [5.41, 5.74) is 1.36. The van der Waals surface area contributed by atoms with Gasteiger partial charge < -0.3 is 9.47 Å². The SMILES string of the molecule is COC(=O)c1c(C)cc(OC)cc1Sc1cccc(Cl)c1. The lowest BCUT2D eigenvalue weighted by atomic mass is 10.1. The molecule has 2 aromatic carbocycles. The fourth-order valence-electron chi connectivity index (χ4n) is 1.94. The zero-order chi connectivity index (χ0) is 15.4. The van der Waals surface area contributed by atoms with E-state index in [4.69, 9.17) is 21.1 Å². The number of esters is 1. The molecule has 0 amide bonds. The number of ether oxygens (including phenoxy) is 2. The van der Waals surface area contributed by atoms with Gasteiger partial charge in [-0.3, -0.25) is 0 Å². The van der Waals surface area contributed by atoms with Gasteiger partial charge in [-0.15, -0.1) is 0 Å². The van der Waals surface area contributed by atoms with Gasteiger partial charge in [0.15, 0.2) is 0 Å². The molecule has 0 N–H and O–H groups in total. The Kier molecular flexibility index (Phi) is 5.15. The molecule has 2 rings (SSSR count). The van der Waals surface area contributed by atoms with Crippen LogP contribution in [0.4, 0.5) is 0 Å². The van der Waals surface area contributed by atoms with Crippen LogP contribution in [0.1, 0.15) is 15.9 Å². The molecule has 3 nitrogen and oxygen atoms in total. The molecule has 0 spiro atoms. The van der Waals surface area contributed by atoms with Crippen LogP contribution in [0.2, 0.25) is 5.02 Å². The van der Waals surface area contributed by atoms with Crippen molar-refractivity contribution in [3.63, 3.8) is 0 Å². The van der Waals surface area contributed by atoms with Crippen molar-refractivity contribution in [1.29, 1.82) is 0 Å². The number of hydrogen-bond acceptors (Lipinski definition) is 4. The Morgan fingerprint density at radius 3 is 2.57 bits per heavy atom. The van der Waals surface area contributed by atoms with E-state index in [2.05, 4.69) is 0 Å². The zero-order valence-corrected chi connectivity index (χ0v) is 13.5. The number of carbonyl (C=O) groups is 1. The Morgan fingerprint density at radius 2 is 1.95 bits per heavy atom. The van der Waals surface area contributed by atoms with E-state index in [1.807, 2.05) is 43.3 Å². The topological polar surface area (TPSA) is 35.5 Å². The van der Waals surface area contributed by atoms with Crippen molar-refractivity contribution in [2.75, 3.05) is 14.2 Å².